The van der Waals surface area contributed by atoms with Gasteiger partial charge in [0.05, 0.1) is 18.9 Å². The van der Waals surface area contributed by atoms with E-state index < -0.39 is 12.0 Å². The molecule has 2 aromatic rings. The van der Waals surface area contributed by atoms with Crippen LogP contribution in [-0.4, -0.2) is 29.4 Å². The SMILES string of the molecule is O=C(O)CC(NC(=O)Cc1ccc(N2CCCC2=O)cc1)c1cccs1. The lowest BCUT2D eigenvalue weighted by Gasteiger charge is -2.17. The van der Waals surface area contributed by atoms with Gasteiger partial charge in [-0.05, 0) is 35.6 Å². The van der Waals surface area contributed by atoms with Crippen molar-refractivity contribution in [1.82, 2.24) is 5.32 Å². The molecule has 0 bridgehead atoms. The van der Waals surface area contributed by atoms with E-state index in [2.05, 4.69) is 5.32 Å². The Bertz CT molecular complexity index is 786. The maximum Gasteiger partial charge on any atom is 0.305 e. The lowest BCUT2D eigenvalue weighted by Crippen LogP contribution is -2.31. The lowest BCUT2D eigenvalue weighted by atomic mass is 10.1. The molecule has 3 rings (SSSR count). The third kappa shape index (κ3) is 4.49. The summed E-state index contributed by atoms with van der Waals surface area (Å²) in [5.41, 5.74) is 1.66. The van der Waals surface area contributed by atoms with Gasteiger partial charge in [-0.2, -0.15) is 0 Å². The topological polar surface area (TPSA) is 86.7 Å². The van der Waals surface area contributed by atoms with Crippen LogP contribution in [0.5, 0.6) is 0 Å². The van der Waals surface area contributed by atoms with Gasteiger partial charge in [0.2, 0.25) is 11.8 Å². The Morgan fingerprint density at radius 3 is 2.58 bits per heavy atom. The van der Waals surface area contributed by atoms with Crippen molar-refractivity contribution in [2.45, 2.75) is 31.7 Å². The molecular formula is C19H20N2O4S. The van der Waals surface area contributed by atoms with Crippen molar-refractivity contribution in [1.29, 1.82) is 0 Å². The van der Waals surface area contributed by atoms with E-state index in [1.807, 2.05) is 41.8 Å². The molecule has 1 aromatic heterocycles. The fourth-order valence-electron chi connectivity index (χ4n) is 3.03. The van der Waals surface area contributed by atoms with Crippen LogP contribution in [0.4, 0.5) is 5.69 Å². The summed E-state index contributed by atoms with van der Waals surface area (Å²) in [4.78, 5) is 37.7. The van der Waals surface area contributed by atoms with E-state index in [1.165, 1.54) is 11.3 Å². The smallest absolute Gasteiger partial charge is 0.305 e. The zero-order chi connectivity index (χ0) is 18.5. The number of nitrogens with one attached hydrogen (secondary N) is 1. The van der Waals surface area contributed by atoms with Crippen molar-refractivity contribution in [3.63, 3.8) is 0 Å². The standard InChI is InChI=1S/C19H20N2O4S/c22-17(20-15(12-19(24)25)16-3-2-10-26-16)11-13-5-7-14(8-6-13)21-9-1-4-18(21)23/h2-3,5-8,10,15H,1,4,9,11-12H2,(H,20,22)(H,24,25). The largest absolute Gasteiger partial charge is 0.481 e. The van der Waals surface area contributed by atoms with Crippen LogP contribution in [0.15, 0.2) is 41.8 Å². The molecule has 1 aliphatic heterocycles. The number of benzene rings is 1. The van der Waals surface area contributed by atoms with E-state index in [0.717, 1.165) is 29.1 Å². The summed E-state index contributed by atoms with van der Waals surface area (Å²) >= 11 is 1.42. The van der Waals surface area contributed by atoms with Gasteiger partial charge in [-0.1, -0.05) is 18.2 Å². The van der Waals surface area contributed by atoms with Crippen LogP contribution in [0, 0.1) is 0 Å². The van der Waals surface area contributed by atoms with E-state index in [9.17, 15) is 14.4 Å². The molecule has 1 aliphatic rings. The molecule has 1 unspecified atom stereocenters. The number of anilines is 1. The molecule has 7 heteroatoms. The number of thiophene rings is 1. The molecule has 0 radical (unpaired) electrons. The molecule has 0 aliphatic carbocycles. The molecule has 2 N–H and O–H groups in total. The van der Waals surface area contributed by atoms with Crippen molar-refractivity contribution < 1.29 is 19.5 Å². The van der Waals surface area contributed by atoms with E-state index in [1.54, 1.807) is 4.90 Å². The Hall–Kier alpha value is -2.67. The van der Waals surface area contributed by atoms with Gasteiger partial charge in [-0.15, -0.1) is 11.3 Å². The molecule has 2 heterocycles. The van der Waals surface area contributed by atoms with Crippen molar-refractivity contribution in [2.75, 3.05) is 11.4 Å². The summed E-state index contributed by atoms with van der Waals surface area (Å²) in [6.07, 6.45) is 1.46. The number of hydrogen-bond acceptors (Lipinski definition) is 4. The first-order valence-corrected chi connectivity index (χ1v) is 9.35. The van der Waals surface area contributed by atoms with Crippen molar-refractivity contribution >= 4 is 34.8 Å². The number of carboxylic acid groups (broad SMARTS) is 1. The molecule has 1 atom stereocenters. The second-order valence-corrected chi connectivity index (χ2v) is 7.20. The Balaban J connectivity index is 1.61. The first kappa shape index (κ1) is 18.1. The van der Waals surface area contributed by atoms with Gasteiger partial charge in [0, 0.05) is 23.5 Å². The minimum Gasteiger partial charge on any atom is -0.481 e. The summed E-state index contributed by atoms with van der Waals surface area (Å²) in [5, 5.41) is 13.7. The molecule has 6 nitrogen and oxygen atoms in total. The van der Waals surface area contributed by atoms with Crippen LogP contribution >= 0.6 is 11.3 Å². The third-order valence-corrected chi connectivity index (χ3v) is 5.27. The van der Waals surface area contributed by atoms with Crippen LogP contribution in [-0.2, 0) is 20.8 Å². The number of nitrogens with zero attached hydrogens (tertiary/aromatic N) is 1. The normalized spacial score (nSPS) is 15.1. The number of amides is 2. The highest BCUT2D eigenvalue weighted by Gasteiger charge is 2.22. The number of hydrogen-bond donors (Lipinski definition) is 2. The summed E-state index contributed by atoms with van der Waals surface area (Å²) in [6, 6.07) is 10.5. The summed E-state index contributed by atoms with van der Waals surface area (Å²) in [7, 11) is 0. The van der Waals surface area contributed by atoms with E-state index in [-0.39, 0.29) is 24.7 Å². The highest BCUT2D eigenvalue weighted by molar-refractivity contribution is 7.10. The molecule has 1 saturated heterocycles. The van der Waals surface area contributed by atoms with Crippen LogP contribution < -0.4 is 10.2 Å². The zero-order valence-electron chi connectivity index (χ0n) is 14.2. The average molecular weight is 372 g/mol. The lowest BCUT2D eigenvalue weighted by molar-refractivity contribution is -0.137. The van der Waals surface area contributed by atoms with Gasteiger partial charge in [0.15, 0.2) is 0 Å². The van der Waals surface area contributed by atoms with Gasteiger partial charge in [-0.3, -0.25) is 14.4 Å². The fourth-order valence-corrected chi connectivity index (χ4v) is 3.81. The number of rotatable bonds is 7. The molecular weight excluding hydrogens is 352 g/mol. The Kier molecular flexibility index (Phi) is 5.68. The zero-order valence-corrected chi connectivity index (χ0v) is 15.0. The number of carbonyl (C=O) groups is 3. The Labute approximate surface area is 155 Å². The van der Waals surface area contributed by atoms with Gasteiger partial charge in [-0.25, -0.2) is 0 Å². The van der Waals surface area contributed by atoms with Crippen LogP contribution in [0.3, 0.4) is 0 Å². The maximum atomic E-state index is 12.3. The number of carboxylic acids is 1. The number of aliphatic carboxylic acids is 1. The predicted octanol–water partition coefficient (Wildman–Crippen LogP) is 2.75. The molecule has 2 amide bonds. The Morgan fingerprint density at radius 2 is 2.00 bits per heavy atom. The summed E-state index contributed by atoms with van der Waals surface area (Å²) in [6.45, 7) is 0.732. The van der Waals surface area contributed by atoms with Crippen molar-refractivity contribution in [2.24, 2.45) is 0 Å². The first-order chi connectivity index (χ1) is 12.5. The van der Waals surface area contributed by atoms with Crippen LogP contribution in [0.1, 0.15) is 35.7 Å². The second kappa shape index (κ2) is 8.14. The highest BCUT2D eigenvalue weighted by Crippen LogP contribution is 2.23. The Morgan fingerprint density at radius 1 is 1.23 bits per heavy atom. The maximum absolute atomic E-state index is 12.3. The second-order valence-electron chi connectivity index (χ2n) is 6.23. The minimum atomic E-state index is -0.955. The van der Waals surface area contributed by atoms with Crippen LogP contribution in [0.25, 0.3) is 0 Å². The predicted molar refractivity (Wildman–Crippen MR) is 99.2 cm³/mol. The quantitative estimate of drug-likeness (QED) is 0.782. The fraction of sp³-hybridized carbons (Fsp3) is 0.316. The van der Waals surface area contributed by atoms with E-state index in [4.69, 9.17) is 5.11 Å². The highest BCUT2D eigenvalue weighted by atomic mass is 32.1. The van der Waals surface area contributed by atoms with Gasteiger partial charge in [0.25, 0.3) is 0 Å². The number of carbonyl (C=O) groups excluding carboxylic acids is 2. The van der Waals surface area contributed by atoms with Gasteiger partial charge < -0.3 is 15.3 Å². The molecule has 1 fully saturated rings. The molecule has 0 spiro atoms. The molecule has 0 saturated carbocycles. The van der Waals surface area contributed by atoms with Crippen LogP contribution in [0.2, 0.25) is 0 Å². The molecule has 26 heavy (non-hydrogen) atoms. The summed E-state index contributed by atoms with van der Waals surface area (Å²) < 4.78 is 0. The van der Waals surface area contributed by atoms with Crippen molar-refractivity contribution in [3.8, 4) is 0 Å². The van der Waals surface area contributed by atoms with Gasteiger partial charge in [0.1, 0.15) is 0 Å². The first-order valence-electron chi connectivity index (χ1n) is 8.47. The monoisotopic (exact) mass is 372 g/mol. The van der Waals surface area contributed by atoms with Crippen molar-refractivity contribution in [3.05, 3.63) is 52.2 Å². The van der Waals surface area contributed by atoms with E-state index >= 15 is 0 Å². The van der Waals surface area contributed by atoms with Gasteiger partial charge >= 0.3 is 5.97 Å². The molecule has 136 valence electrons. The molecule has 1 aromatic carbocycles. The van der Waals surface area contributed by atoms with E-state index in [0.29, 0.717) is 6.42 Å². The summed E-state index contributed by atoms with van der Waals surface area (Å²) in [5.74, 6) is -1.05. The third-order valence-electron chi connectivity index (χ3n) is 4.29. The minimum absolute atomic E-state index is 0.128. The average Bonchev–Trinajstić information content (AvgIpc) is 3.26.